The van der Waals surface area contributed by atoms with Crippen LogP contribution in [-0.4, -0.2) is 16.6 Å². The molecule has 104 valence electrons. The molecular weight excluding hydrogens is 262 g/mol. The molecule has 0 saturated heterocycles. The summed E-state index contributed by atoms with van der Waals surface area (Å²) in [6.07, 6.45) is 1.53. The maximum absolute atomic E-state index is 11.8. The molecule has 0 amide bonds. The summed E-state index contributed by atoms with van der Waals surface area (Å²) in [6, 6.07) is 7.19. The first kappa shape index (κ1) is 14.2. The topological polar surface area (TPSA) is 49.3 Å². The number of hydrogen-bond donors (Lipinski definition) is 2. The van der Waals surface area contributed by atoms with Crippen LogP contribution in [0, 0.1) is 11.3 Å². The zero-order chi connectivity index (χ0) is 14.3. The van der Waals surface area contributed by atoms with Gasteiger partial charge in [0.05, 0.1) is 0 Å². The number of rotatable bonds is 3. The van der Waals surface area contributed by atoms with E-state index in [4.69, 9.17) is 11.6 Å². The predicted octanol–water partition coefficient (Wildman–Crippen LogP) is 4.03. The highest BCUT2D eigenvalue weighted by Crippen LogP contribution is 2.49. The van der Waals surface area contributed by atoms with Crippen LogP contribution in [0.1, 0.15) is 33.6 Å². The fourth-order valence-corrected chi connectivity index (χ4v) is 3.43. The average molecular weight is 282 g/mol. The SMILES string of the molecule is CC1CC(C)(C)CC1(Nc1ccc(Cl)cc1)C(=O)O. The summed E-state index contributed by atoms with van der Waals surface area (Å²) in [5.41, 5.74) is -0.0504. The molecule has 0 heterocycles. The van der Waals surface area contributed by atoms with Gasteiger partial charge in [0.15, 0.2) is 0 Å². The second kappa shape index (κ2) is 4.71. The molecule has 1 aliphatic rings. The second-order valence-electron chi connectivity index (χ2n) is 6.35. The van der Waals surface area contributed by atoms with E-state index < -0.39 is 11.5 Å². The van der Waals surface area contributed by atoms with Gasteiger partial charge in [-0.1, -0.05) is 32.4 Å². The van der Waals surface area contributed by atoms with Gasteiger partial charge in [0, 0.05) is 10.7 Å². The minimum Gasteiger partial charge on any atom is -0.479 e. The molecule has 0 spiro atoms. The van der Waals surface area contributed by atoms with E-state index in [2.05, 4.69) is 19.2 Å². The van der Waals surface area contributed by atoms with Crippen molar-refractivity contribution in [3.05, 3.63) is 29.3 Å². The first-order chi connectivity index (χ1) is 8.75. The Morgan fingerprint density at radius 2 is 1.95 bits per heavy atom. The third kappa shape index (κ3) is 2.71. The maximum Gasteiger partial charge on any atom is 0.329 e. The van der Waals surface area contributed by atoms with Crippen molar-refractivity contribution in [2.45, 2.75) is 39.2 Å². The molecule has 4 heteroatoms. The van der Waals surface area contributed by atoms with E-state index in [1.807, 2.05) is 19.1 Å². The molecule has 0 radical (unpaired) electrons. The Hall–Kier alpha value is -1.22. The smallest absolute Gasteiger partial charge is 0.329 e. The lowest BCUT2D eigenvalue weighted by Gasteiger charge is -2.32. The molecule has 1 aromatic rings. The first-order valence-corrected chi connectivity index (χ1v) is 6.90. The van der Waals surface area contributed by atoms with E-state index >= 15 is 0 Å². The van der Waals surface area contributed by atoms with Crippen molar-refractivity contribution < 1.29 is 9.90 Å². The van der Waals surface area contributed by atoms with Crippen LogP contribution in [0.3, 0.4) is 0 Å². The highest BCUT2D eigenvalue weighted by Gasteiger charge is 2.53. The number of halogens is 1. The molecule has 1 aliphatic carbocycles. The van der Waals surface area contributed by atoms with Crippen LogP contribution >= 0.6 is 11.6 Å². The van der Waals surface area contributed by atoms with Crippen molar-refractivity contribution in [1.82, 2.24) is 0 Å². The quantitative estimate of drug-likeness (QED) is 0.879. The fourth-order valence-electron chi connectivity index (χ4n) is 3.30. The Kier molecular flexibility index (Phi) is 3.52. The minimum absolute atomic E-state index is 0.0389. The van der Waals surface area contributed by atoms with E-state index in [-0.39, 0.29) is 11.3 Å². The molecule has 1 aromatic carbocycles. The molecule has 2 unspecified atom stereocenters. The van der Waals surface area contributed by atoms with E-state index in [1.165, 1.54) is 0 Å². The van der Waals surface area contributed by atoms with Crippen LogP contribution < -0.4 is 5.32 Å². The van der Waals surface area contributed by atoms with Crippen LogP contribution in [0.2, 0.25) is 5.02 Å². The number of carbonyl (C=O) groups is 1. The van der Waals surface area contributed by atoms with Crippen LogP contribution in [-0.2, 0) is 4.79 Å². The highest BCUT2D eigenvalue weighted by molar-refractivity contribution is 6.30. The number of benzene rings is 1. The molecule has 2 rings (SSSR count). The largest absolute Gasteiger partial charge is 0.479 e. The van der Waals surface area contributed by atoms with E-state index in [1.54, 1.807) is 12.1 Å². The zero-order valence-corrected chi connectivity index (χ0v) is 12.3. The van der Waals surface area contributed by atoms with Gasteiger partial charge in [-0.25, -0.2) is 4.79 Å². The van der Waals surface area contributed by atoms with E-state index in [0.717, 1.165) is 12.1 Å². The van der Waals surface area contributed by atoms with Crippen molar-refractivity contribution in [3.8, 4) is 0 Å². The number of nitrogens with one attached hydrogen (secondary N) is 1. The zero-order valence-electron chi connectivity index (χ0n) is 11.5. The van der Waals surface area contributed by atoms with Crippen molar-refractivity contribution in [2.75, 3.05) is 5.32 Å². The monoisotopic (exact) mass is 281 g/mol. The number of hydrogen-bond acceptors (Lipinski definition) is 2. The number of anilines is 1. The van der Waals surface area contributed by atoms with Gasteiger partial charge in [-0.05, 0) is 48.4 Å². The lowest BCUT2D eigenvalue weighted by Crippen LogP contribution is -2.49. The fraction of sp³-hybridized carbons (Fsp3) is 0.533. The Morgan fingerprint density at radius 1 is 1.37 bits per heavy atom. The lowest BCUT2D eigenvalue weighted by atomic mass is 9.86. The van der Waals surface area contributed by atoms with Crippen LogP contribution in [0.15, 0.2) is 24.3 Å². The summed E-state index contributed by atoms with van der Waals surface area (Å²) < 4.78 is 0. The molecular formula is C15H20ClNO2. The molecule has 19 heavy (non-hydrogen) atoms. The van der Waals surface area contributed by atoms with Crippen LogP contribution in [0.4, 0.5) is 5.69 Å². The Morgan fingerprint density at radius 3 is 2.37 bits per heavy atom. The van der Waals surface area contributed by atoms with Crippen LogP contribution in [0.5, 0.6) is 0 Å². The van der Waals surface area contributed by atoms with Crippen molar-refractivity contribution in [2.24, 2.45) is 11.3 Å². The first-order valence-electron chi connectivity index (χ1n) is 6.52. The van der Waals surface area contributed by atoms with Crippen molar-refractivity contribution >= 4 is 23.3 Å². The van der Waals surface area contributed by atoms with Gasteiger partial charge in [-0.15, -0.1) is 0 Å². The Bertz CT molecular complexity index is 483. The second-order valence-corrected chi connectivity index (χ2v) is 6.79. The van der Waals surface area contributed by atoms with Gasteiger partial charge in [0.25, 0.3) is 0 Å². The van der Waals surface area contributed by atoms with E-state index in [0.29, 0.717) is 11.4 Å². The summed E-state index contributed by atoms with van der Waals surface area (Å²) in [5, 5.41) is 13.6. The summed E-state index contributed by atoms with van der Waals surface area (Å²) in [6.45, 7) is 6.25. The van der Waals surface area contributed by atoms with Gasteiger partial charge >= 0.3 is 5.97 Å². The van der Waals surface area contributed by atoms with Gasteiger partial charge in [-0.2, -0.15) is 0 Å². The van der Waals surface area contributed by atoms with Gasteiger partial charge in [0.2, 0.25) is 0 Å². The summed E-state index contributed by atoms with van der Waals surface area (Å²) in [5.74, 6) is -0.698. The molecule has 3 nitrogen and oxygen atoms in total. The minimum atomic E-state index is -0.892. The molecule has 0 aromatic heterocycles. The number of carboxylic acids is 1. The van der Waals surface area contributed by atoms with Crippen LogP contribution in [0.25, 0.3) is 0 Å². The third-order valence-corrected chi connectivity index (χ3v) is 4.30. The van der Waals surface area contributed by atoms with Gasteiger partial charge in [0.1, 0.15) is 5.54 Å². The standard InChI is InChI=1S/C15H20ClNO2/c1-10-8-14(2,3)9-15(10,13(18)19)17-12-6-4-11(16)5-7-12/h4-7,10,17H,8-9H2,1-3H3,(H,18,19). The number of aliphatic carboxylic acids is 1. The molecule has 1 saturated carbocycles. The maximum atomic E-state index is 11.8. The molecule has 1 fully saturated rings. The van der Waals surface area contributed by atoms with E-state index in [9.17, 15) is 9.90 Å². The normalized spacial score (nSPS) is 29.2. The molecule has 2 N–H and O–H groups in total. The lowest BCUT2D eigenvalue weighted by molar-refractivity contribution is -0.143. The predicted molar refractivity (Wildman–Crippen MR) is 77.6 cm³/mol. The van der Waals surface area contributed by atoms with Gasteiger partial charge in [-0.3, -0.25) is 0 Å². The molecule has 0 bridgehead atoms. The Labute approximate surface area is 119 Å². The molecule has 2 atom stereocenters. The van der Waals surface area contributed by atoms with Crippen molar-refractivity contribution in [1.29, 1.82) is 0 Å². The molecule has 0 aliphatic heterocycles. The number of carboxylic acid groups (broad SMARTS) is 1. The summed E-state index contributed by atoms with van der Waals surface area (Å²) >= 11 is 5.86. The summed E-state index contributed by atoms with van der Waals surface area (Å²) in [7, 11) is 0. The Balaban J connectivity index is 2.31. The summed E-state index contributed by atoms with van der Waals surface area (Å²) in [4.78, 5) is 11.8. The highest BCUT2D eigenvalue weighted by atomic mass is 35.5. The average Bonchev–Trinajstić information content (AvgIpc) is 2.53. The van der Waals surface area contributed by atoms with Crippen molar-refractivity contribution in [3.63, 3.8) is 0 Å². The van der Waals surface area contributed by atoms with Gasteiger partial charge < -0.3 is 10.4 Å². The third-order valence-electron chi connectivity index (χ3n) is 4.05.